The van der Waals surface area contributed by atoms with Crippen molar-refractivity contribution in [1.82, 2.24) is 15.1 Å². The zero-order valence-corrected chi connectivity index (χ0v) is 12.8. The lowest BCUT2D eigenvalue weighted by Crippen LogP contribution is -2.40. The Kier molecular flexibility index (Phi) is 4.14. The van der Waals surface area contributed by atoms with E-state index in [1.165, 1.54) is 0 Å². The summed E-state index contributed by atoms with van der Waals surface area (Å²) < 4.78 is 12.3. The molecule has 20 heavy (non-hydrogen) atoms. The van der Waals surface area contributed by atoms with Gasteiger partial charge in [0.25, 0.3) is 0 Å². The van der Waals surface area contributed by atoms with Crippen LogP contribution in [0.25, 0.3) is 11.5 Å². The number of aromatic nitrogens is 2. The molecule has 1 saturated heterocycles. The molecule has 1 aromatic heterocycles. The second-order valence-electron chi connectivity index (χ2n) is 4.92. The van der Waals surface area contributed by atoms with Crippen LogP contribution in [0.4, 0.5) is 0 Å². The molecular formula is C14H16BrN3O2. The molecule has 0 amide bonds. The highest BCUT2D eigenvalue weighted by Gasteiger charge is 2.19. The first kappa shape index (κ1) is 13.7. The summed E-state index contributed by atoms with van der Waals surface area (Å²) in [5, 5.41) is 8.23. The van der Waals surface area contributed by atoms with E-state index in [0.717, 1.165) is 29.7 Å². The molecular weight excluding hydrogens is 322 g/mol. The Morgan fingerprint density at radius 3 is 2.85 bits per heavy atom. The van der Waals surface area contributed by atoms with Crippen molar-refractivity contribution < 1.29 is 9.15 Å². The van der Waals surface area contributed by atoms with Crippen molar-refractivity contribution in [3.63, 3.8) is 0 Å². The lowest BCUT2D eigenvalue weighted by atomic mass is 10.2. The first-order valence-corrected chi connectivity index (χ1v) is 7.42. The molecule has 1 aromatic carbocycles. The molecule has 0 aliphatic carbocycles. The zero-order valence-electron chi connectivity index (χ0n) is 11.3. The van der Waals surface area contributed by atoms with Crippen LogP contribution >= 0.6 is 15.9 Å². The number of nitrogens with zero attached hydrogens (tertiary/aromatic N) is 3. The van der Waals surface area contributed by atoms with Gasteiger partial charge in [-0.25, -0.2) is 0 Å². The second kappa shape index (κ2) is 6.03. The highest BCUT2D eigenvalue weighted by atomic mass is 79.9. The Hall–Kier alpha value is -1.24. The maximum absolute atomic E-state index is 5.73. The van der Waals surface area contributed by atoms with Crippen molar-refractivity contribution >= 4 is 15.9 Å². The lowest BCUT2D eigenvalue weighted by Gasteiger charge is -2.29. The molecule has 0 bridgehead atoms. The van der Waals surface area contributed by atoms with E-state index in [1.807, 2.05) is 24.3 Å². The van der Waals surface area contributed by atoms with E-state index in [2.05, 4.69) is 38.0 Å². The van der Waals surface area contributed by atoms with E-state index in [9.17, 15) is 0 Å². The van der Waals surface area contributed by atoms with Gasteiger partial charge in [-0.05, 0) is 31.2 Å². The fourth-order valence-corrected chi connectivity index (χ4v) is 2.52. The van der Waals surface area contributed by atoms with Gasteiger partial charge in [-0.2, -0.15) is 0 Å². The predicted octanol–water partition coefficient (Wildman–Crippen LogP) is 2.72. The summed E-state index contributed by atoms with van der Waals surface area (Å²) in [7, 11) is 0. The van der Waals surface area contributed by atoms with E-state index in [4.69, 9.17) is 9.15 Å². The molecule has 6 heteroatoms. The number of hydrogen-bond acceptors (Lipinski definition) is 5. The monoisotopic (exact) mass is 337 g/mol. The first-order chi connectivity index (χ1) is 9.70. The molecule has 1 atom stereocenters. The quantitative estimate of drug-likeness (QED) is 0.861. The van der Waals surface area contributed by atoms with Gasteiger partial charge in [-0.3, -0.25) is 4.90 Å². The number of hydrogen-bond donors (Lipinski definition) is 0. The number of morpholine rings is 1. The standard InChI is InChI=1S/C14H16BrN3O2/c1-10-8-18(6-7-19-10)9-13-16-17-14(20-13)11-2-4-12(15)5-3-11/h2-5,10H,6-9H2,1H3. The smallest absolute Gasteiger partial charge is 0.247 e. The summed E-state index contributed by atoms with van der Waals surface area (Å²) in [6, 6.07) is 7.84. The van der Waals surface area contributed by atoms with E-state index in [1.54, 1.807) is 0 Å². The number of halogens is 1. The van der Waals surface area contributed by atoms with Gasteiger partial charge in [-0.1, -0.05) is 15.9 Å². The van der Waals surface area contributed by atoms with Crippen LogP contribution in [-0.4, -0.2) is 40.9 Å². The predicted molar refractivity (Wildman–Crippen MR) is 78.1 cm³/mol. The number of benzene rings is 1. The average Bonchev–Trinajstić information content (AvgIpc) is 2.88. The molecule has 0 spiro atoms. The summed E-state index contributed by atoms with van der Waals surface area (Å²) in [6.45, 7) is 5.32. The summed E-state index contributed by atoms with van der Waals surface area (Å²) in [5.41, 5.74) is 0.933. The minimum atomic E-state index is 0.262. The van der Waals surface area contributed by atoms with Crippen LogP contribution in [0.15, 0.2) is 33.2 Å². The van der Waals surface area contributed by atoms with E-state index < -0.39 is 0 Å². The summed E-state index contributed by atoms with van der Waals surface area (Å²) in [4.78, 5) is 2.27. The molecule has 1 fully saturated rings. The third kappa shape index (κ3) is 3.26. The topological polar surface area (TPSA) is 51.4 Å². The summed E-state index contributed by atoms with van der Waals surface area (Å²) >= 11 is 3.41. The Balaban J connectivity index is 1.69. The second-order valence-corrected chi connectivity index (χ2v) is 5.84. The van der Waals surface area contributed by atoms with Crippen LogP contribution in [0.3, 0.4) is 0 Å². The van der Waals surface area contributed by atoms with E-state index >= 15 is 0 Å². The van der Waals surface area contributed by atoms with E-state index in [-0.39, 0.29) is 6.10 Å². The molecule has 1 aliphatic rings. The largest absolute Gasteiger partial charge is 0.419 e. The average molecular weight is 338 g/mol. The normalized spacial score (nSPS) is 20.2. The Labute approximate surface area is 126 Å². The van der Waals surface area contributed by atoms with Crippen molar-refractivity contribution in [1.29, 1.82) is 0 Å². The Morgan fingerprint density at radius 1 is 1.30 bits per heavy atom. The van der Waals surface area contributed by atoms with Crippen LogP contribution in [0.1, 0.15) is 12.8 Å². The van der Waals surface area contributed by atoms with Gasteiger partial charge in [0.2, 0.25) is 11.8 Å². The van der Waals surface area contributed by atoms with Crippen LogP contribution in [0.2, 0.25) is 0 Å². The minimum Gasteiger partial charge on any atom is -0.419 e. The first-order valence-electron chi connectivity index (χ1n) is 6.63. The van der Waals surface area contributed by atoms with Crippen molar-refractivity contribution in [2.75, 3.05) is 19.7 Å². The molecule has 0 saturated carbocycles. The maximum atomic E-state index is 5.73. The van der Waals surface area contributed by atoms with Gasteiger partial charge in [-0.15, -0.1) is 10.2 Å². The third-order valence-electron chi connectivity index (χ3n) is 3.24. The highest BCUT2D eigenvalue weighted by Crippen LogP contribution is 2.21. The van der Waals surface area contributed by atoms with E-state index in [0.29, 0.717) is 18.3 Å². The lowest BCUT2D eigenvalue weighted by molar-refractivity contribution is -0.0235. The van der Waals surface area contributed by atoms with Crippen LogP contribution in [0.5, 0.6) is 0 Å². The van der Waals surface area contributed by atoms with Gasteiger partial charge in [0.05, 0.1) is 19.3 Å². The van der Waals surface area contributed by atoms with Crippen LogP contribution in [-0.2, 0) is 11.3 Å². The molecule has 3 rings (SSSR count). The van der Waals surface area contributed by atoms with Crippen molar-refractivity contribution in [2.45, 2.75) is 19.6 Å². The fraction of sp³-hybridized carbons (Fsp3) is 0.429. The molecule has 2 heterocycles. The van der Waals surface area contributed by atoms with Crippen LogP contribution in [0, 0.1) is 0 Å². The van der Waals surface area contributed by atoms with Crippen LogP contribution < -0.4 is 0 Å². The molecule has 1 aliphatic heterocycles. The van der Waals surface area contributed by atoms with Gasteiger partial charge in [0, 0.05) is 23.1 Å². The third-order valence-corrected chi connectivity index (χ3v) is 3.77. The van der Waals surface area contributed by atoms with Gasteiger partial charge in [0.15, 0.2) is 0 Å². The van der Waals surface area contributed by atoms with Crippen molar-refractivity contribution in [3.05, 3.63) is 34.6 Å². The SMILES string of the molecule is CC1CN(Cc2nnc(-c3ccc(Br)cc3)o2)CCO1. The highest BCUT2D eigenvalue weighted by molar-refractivity contribution is 9.10. The minimum absolute atomic E-state index is 0.262. The molecule has 0 radical (unpaired) electrons. The van der Waals surface area contributed by atoms with Gasteiger partial charge < -0.3 is 9.15 Å². The Morgan fingerprint density at radius 2 is 2.10 bits per heavy atom. The fourth-order valence-electron chi connectivity index (χ4n) is 2.25. The molecule has 2 aromatic rings. The molecule has 5 nitrogen and oxygen atoms in total. The molecule has 1 unspecified atom stereocenters. The van der Waals surface area contributed by atoms with Gasteiger partial charge >= 0.3 is 0 Å². The summed E-state index contributed by atoms with van der Waals surface area (Å²) in [6.07, 6.45) is 0.262. The number of ether oxygens (including phenoxy) is 1. The molecule has 0 N–H and O–H groups in total. The van der Waals surface area contributed by atoms with Gasteiger partial charge in [0.1, 0.15) is 0 Å². The maximum Gasteiger partial charge on any atom is 0.247 e. The van der Waals surface area contributed by atoms with Crippen molar-refractivity contribution in [2.24, 2.45) is 0 Å². The number of rotatable bonds is 3. The zero-order chi connectivity index (χ0) is 13.9. The molecule has 106 valence electrons. The summed E-state index contributed by atoms with van der Waals surface area (Å²) in [5.74, 6) is 1.21. The van der Waals surface area contributed by atoms with Crippen molar-refractivity contribution in [3.8, 4) is 11.5 Å². The Bertz CT molecular complexity index is 570.